The third kappa shape index (κ3) is 2.42. The van der Waals surface area contributed by atoms with E-state index in [1.54, 1.807) is 7.11 Å². The predicted octanol–water partition coefficient (Wildman–Crippen LogP) is 4.23. The first kappa shape index (κ1) is 16.4. The van der Waals surface area contributed by atoms with Crippen LogP contribution in [0.15, 0.2) is 48.5 Å². The summed E-state index contributed by atoms with van der Waals surface area (Å²) in [5.74, 6) is 0.876. The second-order valence-corrected chi connectivity index (χ2v) is 6.38. The van der Waals surface area contributed by atoms with Gasteiger partial charge in [-0.15, -0.1) is 0 Å². The molecule has 0 bridgehead atoms. The summed E-state index contributed by atoms with van der Waals surface area (Å²) in [6, 6.07) is 15.7. The van der Waals surface area contributed by atoms with Crippen molar-refractivity contribution in [2.24, 2.45) is 0 Å². The Morgan fingerprint density at radius 3 is 2.38 bits per heavy atom. The van der Waals surface area contributed by atoms with Gasteiger partial charge in [0.1, 0.15) is 11.4 Å². The molecular weight excluding hydrogens is 300 g/mol. The number of carbonyl (C=O) groups excluding carboxylic acids is 1. The van der Waals surface area contributed by atoms with Crippen molar-refractivity contribution in [3.05, 3.63) is 59.7 Å². The van der Waals surface area contributed by atoms with Crippen LogP contribution in [0.5, 0.6) is 5.75 Å². The van der Waals surface area contributed by atoms with Crippen LogP contribution in [0.25, 0.3) is 0 Å². The molecule has 1 heterocycles. The standard InChI is InChI=1S/C20H24N2O2/c1-5-20(15-10-12-16(24-4)13-11-15)21-18-9-7-6-8-17(18)19(23)22(20)14(2)3/h6-14,21H,5H2,1-4H3. The number of carbonyl (C=O) groups is 1. The number of nitrogens with zero attached hydrogens (tertiary/aromatic N) is 1. The van der Waals surface area contributed by atoms with E-state index in [4.69, 9.17) is 4.74 Å². The van der Waals surface area contributed by atoms with Crippen LogP contribution in [0.4, 0.5) is 5.69 Å². The molecule has 2 aromatic carbocycles. The highest BCUT2D eigenvalue weighted by Crippen LogP contribution is 2.41. The number of methoxy groups -OCH3 is 1. The summed E-state index contributed by atoms with van der Waals surface area (Å²) in [6.45, 7) is 6.22. The molecule has 2 aromatic rings. The lowest BCUT2D eigenvalue weighted by Gasteiger charge is -2.50. The Morgan fingerprint density at radius 1 is 1.12 bits per heavy atom. The molecular formula is C20H24N2O2. The number of anilines is 1. The molecule has 1 amide bonds. The largest absolute Gasteiger partial charge is 0.497 e. The van der Waals surface area contributed by atoms with E-state index in [-0.39, 0.29) is 11.9 Å². The molecule has 1 N–H and O–H groups in total. The molecule has 1 aliphatic heterocycles. The topological polar surface area (TPSA) is 41.6 Å². The third-order valence-corrected chi connectivity index (χ3v) is 4.72. The number of rotatable bonds is 4. The molecule has 0 aliphatic carbocycles. The van der Waals surface area contributed by atoms with Gasteiger partial charge < -0.3 is 15.0 Å². The van der Waals surface area contributed by atoms with Gasteiger partial charge in [-0.05, 0) is 50.1 Å². The van der Waals surface area contributed by atoms with E-state index in [2.05, 4.69) is 26.1 Å². The molecule has 0 fully saturated rings. The second-order valence-electron chi connectivity index (χ2n) is 6.38. The number of ether oxygens (including phenoxy) is 1. The van der Waals surface area contributed by atoms with Crippen molar-refractivity contribution >= 4 is 11.6 Å². The minimum absolute atomic E-state index is 0.0667. The van der Waals surface area contributed by atoms with Gasteiger partial charge in [-0.25, -0.2) is 0 Å². The third-order valence-electron chi connectivity index (χ3n) is 4.72. The van der Waals surface area contributed by atoms with Crippen molar-refractivity contribution in [2.75, 3.05) is 12.4 Å². The minimum Gasteiger partial charge on any atom is -0.497 e. The fourth-order valence-corrected chi connectivity index (χ4v) is 3.58. The Hall–Kier alpha value is -2.49. The maximum atomic E-state index is 13.2. The van der Waals surface area contributed by atoms with Crippen LogP contribution in [0.3, 0.4) is 0 Å². The number of hydrogen-bond acceptors (Lipinski definition) is 3. The van der Waals surface area contributed by atoms with Crippen molar-refractivity contribution < 1.29 is 9.53 Å². The van der Waals surface area contributed by atoms with Crippen LogP contribution in [-0.2, 0) is 5.66 Å². The fraction of sp³-hybridized carbons (Fsp3) is 0.350. The molecule has 0 spiro atoms. The van der Waals surface area contributed by atoms with Gasteiger partial charge in [0.2, 0.25) is 0 Å². The van der Waals surface area contributed by atoms with Crippen LogP contribution in [0, 0.1) is 0 Å². The van der Waals surface area contributed by atoms with Gasteiger partial charge in [-0.2, -0.15) is 0 Å². The number of amides is 1. The van der Waals surface area contributed by atoms with E-state index >= 15 is 0 Å². The average molecular weight is 324 g/mol. The first-order valence-corrected chi connectivity index (χ1v) is 8.39. The summed E-state index contributed by atoms with van der Waals surface area (Å²) in [7, 11) is 1.66. The van der Waals surface area contributed by atoms with E-state index in [1.807, 2.05) is 53.4 Å². The van der Waals surface area contributed by atoms with Crippen LogP contribution in [0.1, 0.15) is 43.1 Å². The zero-order valence-corrected chi connectivity index (χ0v) is 14.7. The molecule has 3 rings (SSSR count). The van der Waals surface area contributed by atoms with Crippen LogP contribution in [0.2, 0.25) is 0 Å². The van der Waals surface area contributed by atoms with Gasteiger partial charge in [0, 0.05) is 11.7 Å². The van der Waals surface area contributed by atoms with E-state index in [0.29, 0.717) is 0 Å². The SMILES string of the molecule is CCC1(c2ccc(OC)cc2)Nc2ccccc2C(=O)N1C(C)C. The van der Waals surface area contributed by atoms with Gasteiger partial charge in [-0.3, -0.25) is 4.79 Å². The average Bonchev–Trinajstić information content (AvgIpc) is 2.61. The van der Waals surface area contributed by atoms with Crippen LogP contribution < -0.4 is 10.1 Å². The Morgan fingerprint density at radius 2 is 1.79 bits per heavy atom. The summed E-state index contributed by atoms with van der Waals surface area (Å²) in [4.78, 5) is 15.1. The lowest BCUT2D eigenvalue weighted by Crippen LogP contribution is -2.59. The smallest absolute Gasteiger partial charge is 0.258 e. The number of nitrogens with one attached hydrogen (secondary N) is 1. The van der Waals surface area contributed by atoms with Gasteiger partial charge in [0.05, 0.1) is 12.7 Å². The number of hydrogen-bond donors (Lipinski definition) is 1. The molecule has 1 aliphatic rings. The maximum Gasteiger partial charge on any atom is 0.258 e. The van der Waals surface area contributed by atoms with E-state index in [9.17, 15) is 4.79 Å². The van der Waals surface area contributed by atoms with Crippen molar-refractivity contribution in [3.63, 3.8) is 0 Å². The Labute approximate surface area is 143 Å². The summed E-state index contributed by atoms with van der Waals surface area (Å²) < 4.78 is 5.27. The van der Waals surface area contributed by atoms with Crippen molar-refractivity contribution in [2.45, 2.75) is 38.9 Å². The molecule has 0 aromatic heterocycles. The van der Waals surface area contributed by atoms with E-state index < -0.39 is 5.66 Å². The van der Waals surface area contributed by atoms with Crippen LogP contribution >= 0.6 is 0 Å². The number of fused-ring (bicyclic) bond motifs is 1. The highest BCUT2D eigenvalue weighted by atomic mass is 16.5. The second kappa shape index (κ2) is 6.19. The minimum atomic E-state index is -0.564. The number of para-hydroxylation sites is 1. The highest BCUT2D eigenvalue weighted by Gasteiger charge is 2.45. The quantitative estimate of drug-likeness (QED) is 0.915. The van der Waals surface area contributed by atoms with E-state index in [1.165, 1.54) is 0 Å². The predicted molar refractivity (Wildman–Crippen MR) is 96.3 cm³/mol. The first-order valence-electron chi connectivity index (χ1n) is 8.39. The Balaban J connectivity index is 2.17. The van der Waals surface area contributed by atoms with Gasteiger partial charge in [-0.1, -0.05) is 31.2 Å². The van der Waals surface area contributed by atoms with Gasteiger partial charge in [0.25, 0.3) is 5.91 Å². The normalized spacial score (nSPS) is 19.9. The lowest BCUT2D eigenvalue weighted by molar-refractivity contribution is 0.0371. The van der Waals surface area contributed by atoms with Gasteiger partial charge in [0.15, 0.2) is 0 Å². The maximum absolute atomic E-state index is 13.2. The Kier molecular flexibility index (Phi) is 4.22. The molecule has 1 atom stereocenters. The number of benzene rings is 2. The zero-order chi connectivity index (χ0) is 17.3. The van der Waals surface area contributed by atoms with Crippen molar-refractivity contribution in [1.82, 2.24) is 4.90 Å². The Bertz CT molecular complexity index is 740. The molecule has 4 heteroatoms. The van der Waals surface area contributed by atoms with Gasteiger partial charge >= 0.3 is 0 Å². The summed E-state index contributed by atoms with van der Waals surface area (Å²) in [5.41, 5.74) is 2.11. The first-order chi connectivity index (χ1) is 11.5. The zero-order valence-electron chi connectivity index (χ0n) is 14.7. The van der Waals surface area contributed by atoms with Crippen molar-refractivity contribution in [1.29, 1.82) is 0 Å². The molecule has 24 heavy (non-hydrogen) atoms. The highest BCUT2D eigenvalue weighted by molar-refractivity contribution is 6.02. The molecule has 126 valence electrons. The molecule has 0 saturated carbocycles. The molecule has 4 nitrogen and oxygen atoms in total. The lowest BCUT2D eigenvalue weighted by atomic mass is 9.88. The van der Waals surface area contributed by atoms with Crippen molar-refractivity contribution in [3.8, 4) is 5.75 Å². The molecule has 0 radical (unpaired) electrons. The fourth-order valence-electron chi connectivity index (χ4n) is 3.58. The molecule has 0 saturated heterocycles. The molecule has 1 unspecified atom stereocenters. The van der Waals surface area contributed by atoms with E-state index in [0.717, 1.165) is 29.0 Å². The monoisotopic (exact) mass is 324 g/mol. The summed E-state index contributed by atoms with van der Waals surface area (Å²) in [5, 5.41) is 3.64. The summed E-state index contributed by atoms with van der Waals surface area (Å²) in [6.07, 6.45) is 0.761. The summed E-state index contributed by atoms with van der Waals surface area (Å²) >= 11 is 0. The van der Waals surface area contributed by atoms with Crippen LogP contribution in [-0.4, -0.2) is 24.0 Å².